The Hall–Kier alpha value is -2.08. The number of esters is 1. The van der Waals surface area contributed by atoms with Crippen molar-refractivity contribution >= 4 is 17.3 Å². The topological polar surface area (TPSA) is 95.6 Å². The number of carbonyl (C=O) groups is 1. The molecule has 0 radical (unpaired) electrons. The summed E-state index contributed by atoms with van der Waals surface area (Å²) in [5.74, 6) is 0.813. The van der Waals surface area contributed by atoms with Gasteiger partial charge in [0.2, 0.25) is 0 Å². The van der Waals surface area contributed by atoms with E-state index in [1.54, 1.807) is 22.6 Å². The number of pyridine rings is 1. The van der Waals surface area contributed by atoms with E-state index in [1.807, 2.05) is 0 Å². The van der Waals surface area contributed by atoms with Crippen LogP contribution in [0.5, 0.6) is 0 Å². The number of fused-ring (bicyclic) bond motifs is 1. The quantitative estimate of drug-likeness (QED) is 0.772. The van der Waals surface area contributed by atoms with Gasteiger partial charge in [-0.15, -0.1) is 0 Å². The van der Waals surface area contributed by atoms with Crippen molar-refractivity contribution in [1.82, 2.24) is 9.38 Å². The molecule has 0 aliphatic carbocycles. The Morgan fingerprint density at radius 3 is 2.94 bits per heavy atom. The van der Waals surface area contributed by atoms with Crippen LogP contribution in [0.1, 0.15) is 22.7 Å². The second-order valence-corrected chi connectivity index (χ2v) is 3.93. The number of ether oxygens (including phenoxy) is 1. The van der Waals surface area contributed by atoms with Gasteiger partial charge in [-0.1, -0.05) is 6.07 Å². The molecule has 0 fully saturated rings. The van der Waals surface area contributed by atoms with Crippen molar-refractivity contribution in [2.75, 3.05) is 19.4 Å². The second kappa shape index (κ2) is 5.05. The molecule has 0 unspecified atom stereocenters. The second-order valence-electron chi connectivity index (χ2n) is 3.93. The summed E-state index contributed by atoms with van der Waals surface area (Å²) in [7, 11) is 1.33. The Morgan fingerprint density at radius 1 is 1.50 bits per heavy atom. The van der Waals surface area contributed by atoms with Gasteiger partial charge in [0, 0.05) is 6.42 Å². The average molecular weight is 248 g/mol. The predicted octanol–water partition coefficient (Wildman–Crippen LogP) is 0.594. The molecule has 96 valence electrons. The predicted molar refractivity (Wildman–Crippen MR) is 68.3 cm³/mol. The zero-order valence-electron chi connectivity index (χ0n) is 10.2. The molecule has 0 saturated carbocycles. The number of aromatic nitrogens is 2. The molecule has 2 heterocycles. The number of anilines is 1. The van der Waals surface area contributed by atoms with Gasteiger partial charge >= 0.3 is 5.97 Å². The number of hydrogen-bond donors (Lipinski definition) is 2. The van der Waals surface area contributed by atoms with Crippen LogP contribution in [0.15, 0.2) is 18.2 Å². The summed E-state index contributed by atoms with van der Waals surface area (Å²) in [5.41, 5.74) is 12.4. The molecule has 2 rings (SSSR count). The molecule has 4 N–H and O–H groups in total. The standard InChI is InChI=1S/C12H16N4O2/c1-18-12(17)11-8-4-2-5-9(14)16(8)10(15-11)6-3-7-13/h2,4-5H,3,6-7,13-14H2,1H3. The summed E-state index contributed by atoms with van der Waals surface area (Å²) in [6.45, 7) is 0.565. The average Bonchev–Trinajstić information content (AvgIpc) is 2.75. The highest BCUT2D eigenvalue weighted by Crippen LogP contribution is 2.19. The molecule has 0 atom stereocenters. The fourth-order valence-electron chi connectivity index (χ4n) is 1.91. The van der Waals surface area contributed by atoms with E-state index in [0.717, 1.165) is 12.2 Å². The minimum absolute atomic E-state index is 0.289. The maximum absolute atomic E-state index is 11.7. The van der Waals surface area contributed by atoms with Gasteiger partial charge in [0.25, 0.3) is 0 Å². The number of aryl methyl sites for hydroxylation is 1. The highest BCUT2D eigenvalue weighted by Gasteiger charge is 2.18. The van der Waals surface area contributed by atoms with Crippen LogP contribution in [-0.4, -0.2) is 29.0 Å². The van der Waals surface area contributed by atoms with Gasteiger partial charge in [0.05, 0.1) is 12.6 Å². The Balaban J connectivity index is 2.60. The van der Waals surface area contributed by atoms with Gasteiger partial charge in [0.15, 0.2) is 5.69 Å². The van der Waals surface area contributed by atoms with Crippen LogP contribution in [0.25, 0.3) is 5.52 Å². The minimum Gasteiger partial charge on any atom is -0.464 e. The monoisotopic (exact) mass is 248 g/mol. The first-order valence-electron chi connectivity index (χ1n) is 5.73. The SMILES string of the molecule is COC(=O)c1nc(CCCN)n2c(N)cccc12. The van der Waals surface area contributed by atoms with Crippen molar-refractivity contribution in [3.63, 3.8) is 0 Å². The number of nitrogen functional groups attached to an aromatic ring is 1. The van der Waals surface area contributed by atoms with E-state index < -0.39 is 5.97 Å². The summed E-state index contributed by atoms with van der Waals surface area (Å²) in [4.78, 5) is 16.0. The molecule has 6 heteroatoms. The fourth-order valence-corrected chi connectivity index (χ4v) is 1.91. The molecule has 0 spiro atoms. The molecule has 0 saturated heterocycles. The summed E-state index contributed by atoms with van der Waals surface area (Å²) in [6, 6.07) is 5.34. The Bertz CT molecular complexity index is 577. The fraction of sp³-hybridized carbons (Fsp3) is 0.333. The van der Waals surface area contributed by atoms with Crippen LogP contribution < -0.4 is 11.5 Å². The lowest BCUT2D eigenvalue weighted by Crippen LogP contribution is -2.05. The van der Waals surface area contributed by atoms with Gasteiger partial charge in [-0.05, 0) is 25.1 Å². The molecule has 18 heavy (non-hydrogen) atoms. The number of methoxy groups -OCH3 is 1. The summed E-state index contributed by atoms with van der Waals surface area (Å²) in [5, 5.41) is 0. The molecule has 2 aromatic heterocycles. The number of hydrogen-bond acceptors (Lipinski definition) is 5. The smallest absolute Gasteiger partial charge is 0.358 e. The largest absolute Gasteiger partial charge is 0.464 e. The van der Waals surface area contributed by atoms with Crippen LogP contribution in [-0.2, 0) is 11.2 Å². The molecule has 0 amide bonds. The number of carbonyl (C=O) groups excluding carboxylic acids is 1. The first-order chi connectivity index (χ1) is 8.69. The minimum atomic E-state index is -0.461. The van der Waals surface area contributed by atoms with E-state index in [-0.39, 0.29) is 5.69 Å². The van der Waals surface area contributed by atoms with Gasteiger partial charge in [0.1, 0.15) is 11.6 Å². The van der Waals surface area contributed by atoms with E-state index in [4.69, 9.17) is 16.2 Å². The molecular formula is C12H16N4O2. The van der Waals surface area contributed by atoms with E-state index in [2.05, 4.69) is 4.98 Å². The van der Waals surface area contributed by atoms with Crippen molar-refractivity contribution in [3.8, 4) is 0 Å². The number of nitrogens with zero attached hydrogens (tertiary/aromatic N) is 2. The zero-order valence-corrected chi connectivity index (χ0v) is 10.2. The van der Waals surface area contributed by atoms with E-state index in [1.165, 1.54) is 7.11 Å². The van der Waals surface area contributed by atoms with Crippen molar-refractivity contribution in [1.29, 1.82) is 0 Å². The van der Waals surface area contributed by atoms with Crippen LogP contribution in [0.4, 0.5) is 5.82 Å². The van der Waals surface area contributed by atoms with E-state index in [9.17, 15) is 4.79 Å². The molecule has 0 aliphatic heterocycles. The van der Waals surface area contributed by atoms with Gasteiger partial charge in [-0.2, -0.15) is 0 Å². The maximum Gasteiger partial charge on any atom is 0.358 e. The first kappa shape index (κ1) is 12.4. The van der Waals surface area contributed by atoms with Gasteiger partial charge in [-0.3, -0.25) is 4.40 Å². The highest BCUT2D eigenvalue weighted by atomic mass is 16.5. The van der Waals surface area contributed by atoms with Crippen LogP contribution >= 0.6 is 0 Å². The maximum atomic E-state index is 11.7. The van der Waals surface area contributed by atoms with Crippen molar-refractivity contribution in [2.24, 2.45) is 5.73 Å². The van der Waals surface area contributed by atoms with Gasteiger partial charge in [-0.25, -0.2) is 9.78 Å². The Kier molecular flexibility index (Phi) is 3.47. The summed E-state index contributed by atoms with van der Waals surface area (Å²) >= 11 is 0. The normalized spacial score (nSPS) is 10.8. The van der Waals surface area contributed by atoms with Crippen LogP contribution in [0.3, 0.4) is 0 Å². The molecule has 0 aliphatic rings. The lowest BCUT2D eigenvalue weighted by molar-refractivity contribution is 0.0597. The van der Waals surface area contributed by atoms with Crippen molar-refractivity contribution in [3.05, 3.63) is 29.7 Å². The molecule has 0 bridgehead atoms. The lowest BCUT2D eigenvalue weighted by Gasteiger charge is -2.03. The first-order valence-corrected chi connectivity index (χ1v) is 5.73. The van der Waals surface area contributed by atoms with Gasteiger partial charge < -0.3 is 16.2 Å². The third kappa shape index (κ3) is 2.02. The molecule has 2 aromatic rings. The Labute approximate surface area is 105 Å². The number of imidazole rings is 1. The highest BCUT2D eigenvalue weighted by molar-refractivity contribution is 5.95. The Morgan fingerprint density at radius 2 is 2.28 bits per heavy atom. The molecule has 6 nitrogen and oxygen atoms in total. The molecule has 0 aromatic carbocycles. The summed E-state index contributed by atoms with van der Waals surface area (Å²) < 4.78 is 6.49. The third-order valence-corrected chi connectivity index (χ3v) is 2.75. The van der Waals surface area contributed by atoms with Crippen LogP contribution in [0.2, 0.25) is 0 Å². The zero-order chi connectivity index (χ0) is 13.1. The third-order valence-electron chi connectivity index (χ3n) is 2.75. The van der Waals surface area contributed by atoms with Crippen LogP contribution in [0, 0.1) is 0 Å². The number of nitrogens with two attached hydrogens (primary N) is 2. The lowest BCUT2D eigenvalue weighted by atomic mass is 10.3. The van der Waals surface area contributed by atoms with E-state index >= 15 is 0 Å². The van der Waals surface area contributed by atoms with Crippen molar-refractivity contribution < 1.29 is 9.53 Å². The van der Waals surface area contributed by atoms with Crippen molar-refractivity contribution in [2.45, 2.75) is 12.8 Å². The number of rotatable bonds is 4. The van der Waals surface area contributed by atoms with E-state index in [0.29, 0.717) is 24.3 Å². The molecular weight excluding hydrogens is 232 g/mol. The summed E-state index contributed by atoms with van der Waals surface area (Å²) in [6.07, 6.45) is 1.46.